The first kappa shape index (κ1) is 4.92. The smallest absolute Gasteiger partial charge is 0.0452 e. The van der Waals surface area contributed by atoms with Crippen molar-refractivity contribution < 1.29 is 11.6 Å². The van der Waals surface area contributed by atoms with Crippen molar-refractivity contribution in [2.24, 2.45) is 0 Å². The first-order valence-electron chi connectivity index (χ1n) is 1.63. The second-order valence-electron chi connectivity index (χ2n) is 0.801. The molecule has 0 heterocycles. The van der Waals surface area contributed by atoms with Gasteiger partial charge in [0.25, 0.3) is 0 Å². The molecule has 0 amide bonds. The van der Waals surface area contributed by atoms with Crippen LogP contribution in [0.5, 0.6) is 0 Å². The molecule has 0 saturated carbocycles. The average molecular weight is 78.1 g/mol. The highest BCUT2D eigenvalue weighted by Crippen LogP contribution is 1.65. The summed E-state index contributed by atoms with van der Waals surface area (Å²) in [7, 11) is 0. The van der Waals surface area contributed by atoms with E-state index in [1.165, 1.54) is 0 Å². The Morgan fingerprint density at radius 1 is 1.20 bits per heavy atom. The summed E-state index contributed by atoms with van der Waals surface area (Å²) < 4.78 is 0. The van der Waals surface area contributed by atoms with Gasteiger partial charge < -0.3 is 10.2 Å². The normalized spacial score (nSPS) is 8.40. The van der Waals surface area contributed by atoms with Crippen LogP contribution >= 0.6 is 0 Å². The van der Waals surface area contributed by atoms with Crippen LogP contribution in [0.2, 0.25) is 0 Å². The van der Waals surface area contributed by atoms with E-state index in [1.807, 2.05) is 0 Å². The average Bonchev–Trinajstić information content (AvgIpc) is 1.41. The van der Waals surface area contributed by atoms with E-state index in [4.69, 9.17) is 10.2 Å². The predicted molar refractivity (Wildman–Crippen MR) is 20.9 cm³/mol. The topological polar surface area (TPSA) is 40.5 Å². The van der Waals surface area contributed by atoms with E-state index in [1.54, 1.807) is 0 Å². The molecule has 0 aromatic rings. The second-order valence-corrected chi connectivity index (χ2v) is 0.801. The summed E-state index contributed by atoms with van der Waals surface area (Å²) in [5.41, 5.74) is 0. The maximum atomic E-state index is 7.91. The number of hydrogen-bond donors (Lipinski definition) is 2. The van der Waals surface area contributed by atoms with Gasteiger partial charge in [-0.25, -0.2) is 0 Å². The second kappa shape index (κ2) is 3.92. The molecule has 0 atom stereocenters. The molecular formula is C3H10O2. The molecular weight excluding hydrogens is 68.0 g/mol. The number of aliphatic hydroxyl groups is 2. The van der Waals surface area contributed by atoms with Gasteiger partial charge in [0, 0.05) is 14.6 Å². The van der Waals surface area contributed by atoms with Crippen molar-refractivity contribution in [2.75, 3.05) is 13.2 Å². The van der Waals surface area contributed by atoms with Crippen LogP contribution in [0.1, 0.15) is 7.85 Å². The molecule has 0 aromatic carbocycles. The van der Waals surface area contributed by atoms with Crippen LogP contribution < -0.4 is 0 Å². The molecule has 0 aliphatic rings. The zero-order valence-corrected chi connectivity index (χ0v) is 3.02. The Hall–Kier alpha value is -0.0800. The number of aliphatic hydroxyl groups excluding tert-OH is 2. The van der Waals surface area contributed by atoms with Gasteiger partial charge in [0.15, 0.2) is 0 Å². The lowest BCUT2D eigenvalue weighted by Gasteiger charge is -1.79. The molecule has 0 aromatic heterocycles. The van der Waals surface area contributed by atoms with Gasteiger partial charge in [-0.15, -0.1) is 0 Å². The fraction of sp³-hybridized carbons (Fsp3) is 1.00. The van der Waals surface area contributed by atoms with Gasteiger partial charge in [0.1, 0.15) is 0 Å². The van der Waals surface area contributed by atoms with Crippen LogP contribution in [-0.4, -0.2) is 23.4 Å². The Labute approximate surface area is 32.5 Å². The van der Waals surface area contributed by atoms with Crippen LogP contribution in [0.3, 0.4) is 0 Å². The molecule has 0 aliphatic carbocycles. The van der Waals surface area contributed by atoms with Gasteiger partial charge >= 0.3 is 0 Å². The molecule has 0 spiro atoms. The largest absolute Gasteiger partial charge is 0.396 e. The van der Waals surface area contributed by atoms with Crippen molar-refractivity contribution in [3.8, 4) is 0 Å². The lowest BCUT2D eigenvalue weighted by Crippen LogP contribution is -1.85. The Balaban J connectivity index is 0. The molecule has 0 rings (SSSR count). The summed E-state index contributed by atoms with van der Waals surface area (Å²) in [6.07, 6.45) is 0.500. The van der Waals surface area contributed by atoms with Crippen molar-refractivity contribution >= 4 is 0 Å². The van der Waals surface area contributed by atoms with Crippen LogP contribution in [0.15, 0.2) is 0 Å². The zero-order chi connectivity index (χ0) is 4.12. The Kier molecular flexibility index (Phi) is 3.86. The van der Waals surface area contributed by atoms with Crippen LogP contribution in [0, 0.1) is 0 Å². The monoisotopic (exact) mass is 78.1 g/mol. The van der Waals surface area contributed by atoms with Crippen LogP contribution in [-0.2, 0) is 0 Å². The van der Waals surface area contributed by atoms with Crippen LogP contribution in [0.4, 0.5) is 0 Å². The minimum atomic E-state index is 0. The quantitative estimate of drug-likeness (QED) is 0.472. The molecule has 0 aliphatic heterocycles. The van der Waals surface area contributed by atoms with E-state index < -0.39 is 0 Å². The number of hydrogen-bond acceptors (Lipinski definition) is 2. The highest BCUT2D eigenvalue weighted by Gasteiger charge is 1.70. The zero-order valence-electron chi connectivity index (χ0n) is 3.02. The molecule has 34 valence electrons. The van der Waals surface area contributed by atoms with Gasteiger partial charge in [-0.2, -0.15) is 0 Å². The van der Waals surface area contributed by atoms with Crippen molar-refractivity contribution in [1.82, 2.24) is 0 Å². The van der Waals surface area contributed by atoms with Crippen molar-refractivity contribution in [1.29, 1.82) is 0 Å². The summed E-state index contributed by atoms with van der Waals surface area (Å²) in [5.74, 6) is 0. The van der Waals surface area contributed by atoms with E-state index >= 15 is 0 Å². The highest BCUT2D eigenvalue weighted by molar-refractivity contribution is 4.22. The molecule has 0 bridgehead atoms. The van der Waals surface area contributed by atoms with E-state index in [2.05, 4.69) is 0 Å². The summed E-state index contributed by atoms with van der Waals surface area (Å²) in [6.45, 7) is 0.188. The minimum absolute atomic E-state index is 0. The van der Waals surface area contributed by atoms with E-state index in [0.29, 0.717) is 6.42 Å². The standard InChI is InChI=1S/C3H8O2.H2/c4-2-1-3-5;/h4-5H,1-3H2;1H. The maximum absolute atomic E-state index is 7.91. The molecule has 2 heteroatoms. The minimum Gasteiger partial charge on any atom is -0.396 e. The summed E-state index contributed by atoms with van der Waals surface area (Å²) in [6, 6.07) is 0. The number of rotatable bonds is 2. The van der Waals surface area contributed by atoms with Crippen molar-refractivity contribution in [3.05, 3.63) is 0 Å². The van der Waals surface area contributed by atoms with Gasteiger partial charge in [-0.05, 0) is 6.42 Å². The molecule has 5 heavy (non-hydrogen) atoms. The highest BCUT2D eigenvalue weighted by atomic mass is 16.3. The SMILES string of the molecule is OCCCO.[HH]. The summed E-state index contributed by atoms with van der Waals surface area (Å²) >= 11 is 0. The fourth-order valence-electron chi connectivity index (χ4n) is 0.0707. The van der Waals surface area contributed by atoms with Crippen LogP contribution in [0.25, 0.3) is 0 Å². The summed E-state index contributed by atoms with van der Waals surface area (Å²) in [4.78, 5) is 0. The molecule has 0 radical (unpaired) electrons. The van der Waals surface area contributed by atoms with Crippen molar-refractivity contribution in [2.45, 2.75) is 6.42 Å². The predicted octanol–water partition coefficient (Wildman–Crippen LogP) is -0.393. The third-order valence-corrected chi connectivity index (χ3v) is 0.316. The molecule has 0 unspecified atom stereocenters. The van der Waals surface area contributed by atoms with Gasteiger partial charge in [-0.3, -0.25) is 0 Å². The Morgan fingerprint density at radius 3 is 1.60 bits per heavy atom. The third kappa shape index (κ3) is 3.92. The van der Waals surface area contributed by atoms with E-state index in [9.17, 15) is 0 Å². The maximum Gasteiger partial charge on any atom is 0.0452 e. The summed E-state index contributed by atoms with van der Waals surface area (Å²) in [5, 5.41) is 15.8. The van der Waals surface area contributed by atoms with Gasteiger partial charge in [0.05, 0.1) is 0 Å². The Bertz CT molecular complexity index is 16.3. The third-order valence-electron chi connectivity index (χ3n) is 0.316. The molecule has 0 fully saturated rings. The first-order chi connectivity index (χ1) is 2.41. The fourth-order valence-corrected chi connectivity index (χ4v) is 0.0707. The van der Waals surface area contributed by atoms with Gasteiger partial charge in [-0.1, -0.05) is 0 Å². The molecule has 2 N–H and O–H groups in total. The lowest BCUT2D eigenvalue weighted by molar-refractivity contribution is 0.221. The first-order valence-corrected chi connectivity index (χ1v) is 1.63. The van der Waals surface area contributed by atoms with Gasteiger partial charge in [0.2, 0.25) is 0 Å². The Morgan fingerprint density at radius 2 is 1.60 bits per heavy atom. The molecule has 0 saturated heterocycles. The van der Waals surface area contributed by atoms with E-state index in [0.717, 1.165) is 0 Å². The van der Waals surface area contributed by atoms with E-state index in [-0.39, 0.29) is 14.6 Å². The van der Waals surface area contributed by atoms with Crippen molar-refractivity contribution in [3.63, 3.8) is 0 Å². The molecule has 2 nitrogen and oxygen atoms in total. The lowest BCUT2D eigenvalue weighted by atomic mass is 10.5.